The summed E-state index contributed by atoms with van der Waals surface area (Å²) in [6.45, 7) is 3.12. The fourth-order valence-corrected chi connectivity index (χ4v) is 5.77. The first-order valence-corrected chi connectivity index (χ1v) is 9.22. The van der Waals surface area contributed by atoms with Crippen molar-refractivity contribution in [1.29, 1.82) is 0 Å². The van der Waals surface area contributed by atoms with Crippen molar-refractivity contribution in [3.8, 4) is 0 Å². The van der Waals surface area contributed by atoms with E-state index in [2.05, 4.69) is 0 Å². The third kappa shape index (κ3) is 1.92. The number of rotatable bonds is 5. The fraction of sp³-hybridized carbons (Fsp3) is 0.600. The quantitative estimate of drug-likeness (QED) is 0.777. The van der Waals surface area contributed by atoms with Gasteiger partial charge in [0.1, 0.15) is 17.8 Å². The SMILES string of the molecule is CC(=O)OC12CC3(C)OC(O1)C1(COC(=O)Cc4ccccc4)C2CC31O. The highest BCUT2D eigenvalue weighted by atomic mass is 16.8. The first kappa shape index (κ1) is 17.2. The Hall–Kier alpha value is -1.96. The predicted octanol–water partition coefficient (Wildman–Crippen LogP) is 1.32. The van der Waals surface area contributed by atoms with Crippen molar-refractivity contribution in [1.82, 2.24) is 0 Å². The van der Waals surface area contributed by atoms with Crippen LogP contribution < -0.4 is 0 Å². The van der Waals surface area contributed by atoms with Crippen molar-refractivity contribution in [3.05, 3.63) is 35.9 Å². The van der Waals surface area contributed by atoms with Gasteiger partial charge in [-0.1, -0.05) is 30.3 Å². The number of esters is 2. The highest BCUT2D eigenvalue weighted by Gasteiger charge is 2.94. The smallest absolute Gasteiger partial charge is 0.310 e. The summed E-state index contributed by atoms with van der Waals surface area (Å²) in [6.07, 6.45) is 0.0584. The first-order valence-electron chi connectivity index (χ1n) is 9.22. The molecule has 0 spiro atoms. The molecule has 6 aliphatic rings. The van der Waals surface area contributed by atoms with Gasteiger partial charge >= 0.3 is 11.9 Å². The van der Waals surface area contributed by atoms with Crippen LogP contribution >= 0.6 is 0 Å². The molecule has 0 aromatic heterocycles. The summed E-state index contributed by atoms with van der Waals surface area (Å²) in [5, 5.41) is 11.4. The Balaban J connectivity index is 1.38. The zero-order valence-corrected chi connectivity index (χ0v) is 15.3. The van der Waals surface area contributed by atoms with Crippen LogP contribution in [0.4, 0.5) is 0 Å². The van der Waals surface area contributed by atoms with Crippen LogP contribution in [0, 0.1) is 11.3 Å². The second kappa shape index (κ2) is 5.10. The predicted molar refractivity (Wildman–Crippen MR) is 90.1 cm³/mol. The zero-order chi connectivity index (χ0) is 19.1. The van der Waals surface area contributed by atoms with E-state index < -0.39 is 34.7 Å². The van der Waals surface area contributed by atoms with Crippen LogP contribution in [0.3, 0.4) is 0 Å². The Kier molecular flexibility index (Phi) is 3.24. The lowest BCUT2D eigenvalue weighted by molar-refractivity contribution is -0.385. The summed E-state index contributed by atoms with van der Waals surface area (Å²) in [5.74, 6) is -2.19. The van der Waals surface area contributed by atoms with Gasteiger partial charge < -0.3 is 24.1 Å². The summed E-state index contributed by atoms with van der Waals surface area (Å²) in [7, 11) is 0. The molecule has 0 amide bonds. The van der Waals surface area contributed by atoms with Crippen LogP contribution in [0.15, 0.2) is 30.3 Å². The molecular formula is C20H22O7. The lowest BCUT2D eigenvalue weighted by Gasteiger charge is -2.65. The molecule has 7 nitrogen and oxygen atoms in total. The lowest BCUT2D eigenvalue weighted by atomic mass is 9.41. The van der Waals surface area contributed by atoms with E-state index in [9.17, 15) is 14.7 Å². The summed E-state index contributed by atoms with van der Waals surface area (Å²) >= 11 is 0. The van der Waals surface area contributed by atoms with E-state index in [1.165, 1.54) is 6.92 Å². The molecule has 1 N–H and O–H groups in total. The molecule has 3 aliphatic carbocycles. The molecule has 1 aromatic carbocycles. The van der Waals surface area contributed by atoms with Crippen LogP contribution in [0.25, 0.3) is 0 Å². The number of carbonyl (C=O) groups excluding carboxylic acids is 2. The Labute approximate surface area is 156 Å². The maximum atomic E-state index is 12.3. The lowest BCUT2D eigenvalue weighted by Crippen LogP contribution is -2.79. The number of hydrogen-bond acceptors (Lipinski definition) is 7. The van der Waals surface area contributed by atoms with Crippen LogP contribution in [0.5, 0.6) is 0 Å². The zero-order valence-electron chi connectivity index (χ0n) is 15.3. The topological polar surface area (TPSA) is 91.3 Å². The normalized spacial score (nSPS) is 45.4. The van der Waals surface area contributed by atoms with E-state index in [-0.39, 0.29) is 31.3 Å². The molecule has 3 heterocycles. The molecule has 3 aliphatic heterocycles. The molecule has 7 heteroatoms. The summed E-state index contributed by atoms with van der Waals surface area (Å²) < 4.78 is 23.1. The van der Waals surface area contributed by atoms with Gasteiger partial charge in [-0.15, -0.1) is 0 Å². The second-order valence-electron chi connectivity index (χ2n) is 8.36. The molecule has 1 aromatic rings. The molecule has 27 heavy (non-hydrogen) atoms. The van der Waals surface area contributed by atoms with Crippen molar-refractivity contribution >= 4 is 11.9 Å². The second-order valence-corrected chi connectivity index (χ2v) is 8.36. The summed E-state index contributed by atoms with van der Waals surface area (Å²) in [4.78, 5) is 24.0. The molecule has 0 radical (unpaired) electrons. The summed E-state index contributed by atoms with van der Waals surface area (Å²) in [5.41, 5.74) is -2.10. The average molecular weight is 374 g/mol. The van der Waals surface area contributed by atoms with Crippen molar-refractivity contribution in [2.75, 3.05) is 6.61 Å². The van der Waals surface area contributed by atoms with Crippen LogP contribution in [0.1, 0.15) is 32.3 Å². The number of hydrogen-bond donors (Lipinski definition) is 1. The number of ether oxygens (including phenoxy) is 4. The van der Waals surface area contributed by atoms with E-state index in [0.717, 1.165) is 5.56 Å². The van der Waals surface area contributed by atoms with Crippen LogP contribution in [-0.4, -0.2) is 46.9 Å². The highest BCUT2D eigenvalue weighted by Crippen LogP contribution is 2.80. The molecule has 6 unspecified atom stereocenters. The molecule has 7 rings (SSSR count). The van der Waals surface area contributed by atoms with Gasteiger partial charge in [-0.25, -0.2) is 0 Å². The third-order valence-corrected chi connectivity index (χ3v) is 6.95. The third-order valence-electron chi connectivity index (χ3n) is 6.95. The number of aliphatic hydroxyl groups is 1. The van der Waals surface area contributed by atoms with Crippen molar-refractivity contribution in [2.45, 2.75) is 56.4 Å². The first-order chi connectivity index (χ1) is 12.7. The maximum Gasteiger partial charge on any atom is 0.310 e. The minimum absolute atomic E-state index is 0.0247. The standard InChI is InChI=1S/C20H22O7/c1-12(21)25-19-10-17(2)20(23)9-14(19)18(20,16(26-17)27-19)11-24-15(22)8-13-6-4-3-5-7-13/h3-7,14,16,23H,8-11H2,1-2H3. The molecular weight excluding hydrogens is 352 g/mol. The maximum absolute atomic E-state index is 12.3. The average Bonchev–Trinajstić information content (AvgIpc) is 2.78. The number of carbonyl (C=O) groups is 2. The minimum atomic E-state index is -1.16. The molecule has 6 fully saturated rings. The van der Waals surface area contributed by atoms with E-state index in [1.807, 2.05) is 37.3 Å². The highest BCUT2D eigenvalue weighted by molar-refractivity contribution is 5.72. The van der Waals surface area contributed by atoms with Gasteiger partial charge in [-0.3, -0.25) is 9.59 Å². The largest absolute Gasteiger partial charge is 0.464 e. The van der Waals surface area contributed by atoms with Gasteiger partial charge in [-0.05, 0) is 18.9 Å². The Morgan fingerprint density at radius 3 is 2.70 bits per heavy atom. The Bertz CT molecular complexity index is 825. The molecule has 6 atom stereocenters. The van der Waals surface area contributed by atoms with Gasteiger partial charge in [0.05, 0.1) is 11.8 Å². The molecule has 3 saturated carbocycles. The summed E-state index contributed by atoms with van der Waals surface area (Å²) in [6, 6.07) is 9.33. The molecule has 3 saturated heterocycles. The van der Waals surface area contributed by atoms with Crippen LogP contribution in [0.2, 0.25) is 0 Å². The van der Waals surface area contributed by atoms with Gasteiger partial charge in [0.2, 0.25) is 5.79 Å². The van der Waals surface area contributed by atoms with Crippen molar-refractivity contribution in [3.63, 3.8) is 0 Å². The van der Waals surface area contributed by atoms with Gasteiger partial charge in [0, 0.05) is 19.3 Å². The Morgan fingerprint density at radius 1 is 1.26 bits per heavy atom. The van der Waals surface area contributed by atoms with Gasteiger partial charge in [0.25, 0.3) is 0 Å². The van der Waals surface area contributed by atoms with Crippen LogP contribution in [-0.2, 0) is 35.0 Å². The van der Waals surface area contributed by atoms with E-state index in [0.29, 0.717) is 6.42 Å². The van der Waals surface area contributed by atoms with Crippen molar-refractivity contribution < 1.29 is 33.6 Å². The van der Waals surface area contributed by atoms with Gasteiger partial charge in [0.15, 0.2) is 6.29 Å². The molecule has 144 valence electrons. The monoisotopic (exact) mass is 374 g/mol. The Morgan fingerprint density at radius 2 is 2.00 bits per heavy atom. The van der Waals surface area contributed by atoms with E-state index in [1.54, 1.807) is 0 Å². The van der Waals surface area contributed by atoms with Crippen molar-refractivity contribution in [2.24, 2.45) is 11.3 Å². The fourth-order valence-electron chi connectivity index (χ4n) is 5.77. The van der Waals surface area contributed by atoms with E-state index in [4.69, 9.17) is 18.9 Å². The number of benzene rings is 1. The molecule has 6 bridgehead atoms. The van der Waals surface area contributed by atoms with E-state index >= 15 is 0 Å². The van der Waals surface area contributed by atoms with Gasteiger partial charge in [-0.2, -0.15) is 0 Å². The minimum Gasteiger partial charge on any atom is -0.464 e.